The molecule has 1 N–H and O–H groups in total. The number of carboxylic acid groups (broad SMARTS) is 1. The van der Waals surface area contributed by atoms with Gasteiger partial charge in [0.15, 0.2) is 18.3 Å². The molecule has 0 saturated carbocycles. The Labute approximate surface area is 164 Å². The van der Waals surface area contributed by atoms with Crippen molar-refractivity contribution < 1.29 is 28.8 Å². The molecule has 28 heavy (non-hydrogen) atoms. The monoisotopic (exact) mass is 387 g/mol. The fraction of sp³-hybridized carbons (Fsp3) is 0.429. The van der Waals surface area contributed by atoms with E-state index in [1.807, 2.05) is 24.4 Å². The van der Waals surface area contributed by atoms with Gasteiger partial charge in [0.25, 0.3) is 0 Å². The zero-order chi connectivity index (χ0) is 19.8. The number of aliphatic carboxylic acids is 1. The number of carboxylic acids is 1. The number of ether oxygens (including phenoxy) is 4. The zero-order valence-corrected chi connectivity index (χ0v) is 16.0. The first-order chi connectivity index (χ1) is 13.7. The van der Waals surface area contributed by atoms with E-state index in [0.29, 0.717) is 30.9 Å². The highest BCUT2D eigenvalue weighted by Gasteiger charge is 2.24. The normalized spacial score (nSPS) is 12.8. The predicted octanol–water partition coefficient (Wildman–Crippen LogP) is 3.22. The third-order valence-corrected chi connectivity index (χ3v) is 4.47. The number of hydrogen-bond donors (Lipinski definition) is 1. The van der Waals surface area contributed by atoms with Gasteiger partial charge in [-0.1, -0.05) is 6.07 Å². The molecule has 7 nitrogen and oxygen atoms in total. The Hall–Kier alpha value is -2.80. The maximum Gasteiger partial charge on any atom is 0.303 e. The molecule has 150 valence electrons. The predicted molar refractivity (Wildman–Crippen MR) is 102 cm³/mol. The quantitative estimate of drug-likeness (QED) is 0.495. The van der Waals surface area contributed by atoms with Crippen LogP contribution >= 0.6 is 0 Å². The summed E-state index contributed by atoms with van der Waals surface area (Å²) in [6, 6.07) is 5.76. The van der Waals surface area contributed by atoms with Gasteiger partial charge in [-0.15, -0.1) is 0 Å². The Bertz CT molecular complexity index is 793. The van der Waals surface area contributed by atoms with Gasteiger partial charge in [-0.2, -0.15) is 0 Å². The molecule has 0 spiro atoms. The molecular formula is C21H25NO6. The van der Waals surface area contributed by atoms with E-state index in [2.05, 4.69) is 4.98 Å². The first-order valence-corrected chi connectivity index (χ1v) is 9.36. The van der Waals surface area contributed by atoms with Gasteiger partial charge < -0.3 is 24.1 Å². The Balaban J connectivity index is 1.95. The summed E-state index contributed by atoms with van der Waals surface area (Å²) in [5.74, 6) is 1.11. The zero-order valence-electron chi connectivity index (χ0n) is 16.0. The summed E-state index contributed by atoms with van der Waals surface area (Å²) in [4.78, 5) is 14.9. The molecule has 0 fully saturated rings. The highest BCUT2D eigenvalue weighted by Crippen LogP contribution is 2.43. The van der Waals surface area contributed by atoms with E-state index in [-0.39, 0.29) is 19.8 Å². The number of fused-ring (bicyclic) bond motifs is 1. The number of pyridine rings is 1. The third kappa shape index (κ3) is 5.13. The van der Waals surface area contributed by atoms with Gasteiger partial charge in [-0.05, 0) is 30.9 Å². The Morgan fingerprint density at radius 3 is 3.00 bits per heavy atom. The second-order valence-corrected chi connectivity index (χ2v) is 6.55. The molecule has 0 saturated heterocycles. The van der Waals surface area contributed by atoms with Crippen molar-refractivity contribution in [3.63, 3.8) is 0 Å². The summed E-state index contributed by atoms with van der Waals surface area (Å²) in [6.45, 7) is 1.03. The van der Waals surface area contributed by atoms with Crippen LogP contribution in [0.15, 0.2) is 30.6 Å². The number of nitrogens with zero attached hydrogens (tertiary/aromatic N) is 1. The van der Waals surface area contributed by atoms with E-state index >= 15 is 0 Å². The number of methoxy groups -OCH3 is 1. The number of rotatable bonds is 10. The number of hydrogen-bond acceptors (Lipinski definition) is 6. The van der Waals surface area contributed by atoms with Crippen molar-refractivity contribution in [2.75, 3.05) is 27.1 Å². The first kappa shape index (κ1) is 19.9. The lowest BCUT2D eigenvalue weighted by Crippen LogP contribution is -2.14. The largest absolute Gasteiger partial charge is 0.493 e. The van der Waals surface area contributed by atoms with Crippen molar-refractivity contribution in [2.24, 2.45) is 0 Å². The lowest BCUT2D eigenvalue weighted by molar-refractivity contribution is -0.137. The van der Waals surface area contributed by atoms with Crippen molar-refractivity contribution in [3.05, 3.63) is 47.3 Å². The van der Waals surface area contributed by atoms with Crippen molar-refractivity contribution >= 4 is 5.97 Å². The van der Waals surface area contributed by atoms with Crippen LogP contribution in [0.3, 0.4) is 0 Å². The summed E-state index contributed by atoms with van der Waals surface area (Å²) in [5, 5.41) is 8.83. The van der Waals surface area contributed by atoms with E-state index < -0.39 is 5.97 Å². The highest BCUT2D eigenvalue weighted by atomic mass is 16.7. The highest BCUT2D eigenvalue weighted by molar-refractivity contribution is 5.66. The Morgan fingerprint density at radius 1 is 1.36 bits per heavy atom. The van der Waals surface area contributed by atoms with Gasteiger partial charge in [0.05, 0.1) is 13.2 Å². The van der Waals surface area contributed by atoms with Crippen LogP contribution in [-0.4, -0.2) is 43.2 Å². The van der Waals surface area contributed by atoms with Gasteiger partial charge in [0, 0.05) is 49.5 Å². The third-order valence-electron chi connectivity index (χ3n) is 4.47. The van der Waals surface area contributed by atoms with Crippen LogP contribution < -0.4 is 14.2 Å². The first-order valence-electron chi connectivity index (χ1n) is 9.36. The van der Waals surface area contributed by atoms with Crippen LogP contribution in [0, 0.1) is 0 Å². The average Bonchev–Trinajstić information content (AvgIpc) is 2.71. The standard InChI is InChI=1S/C21H25NO6/c1-25-14-28-21-17(11-15-5-2-8-22-13-15)16-6-3-9-26-18(16)12-19(21)27-10-4-7-20(23)24/h2,5,8,12-13H,3-4,6-7,9-11,14H2,1H3,(H,23,24). The van der Waals surface area contributed by atoms with Crippen LogP contribution in [0.25, 0.3) is 0 Å². The van der Waals surface area contributed by atoms with E-state index in [4.69, 9.17) is 24.1 Å². The Kier molecular flexibility index (Phi) is 7.08. The molecule has 0 bridgehead atoms. The van der Waals surface area contributed by atoms with Gasteiger partial charge >= 0.3 is 5.97 Å². The SMILES string of the molecule is COCOc1c(OCCCC(=O)O)cc2c(c1Cc1cccnc1)CCCO2. The van der Waals surface area contributed by atoms with Crippen LogP contribution in [0.4, 0.5) is 0 Å². The van der Waals surface area contributed by atoms with Crippen molar-refractivity contribution in [1.82, 2.24) is 4.98 Å². The van der Waals surface area contributed by atoms with E-state index in [1.165, 1.54) is 0 Å². The van der Waals surface area contributed by atoms with Crippen LogP contribution in [0.2, 0.25) is 0 Å². The minimum atomic E-state index is -0.842. The summed E-state index contributed by atoms with van der Waals surface area (Å²) in [5.41, 5.74) is 3.16. The molecule has 3 rings (SSSR count). The molecule has 2 aromatic rings. The maximum atomic E-state index is 10.7. The molecule has 1 aromatic carbocycles. The van der Waals surface area contributed by atoms with Crippen LogP contribution in [0.1, 0.15) is 36.0 Å². The molecule has 7 heteroatoms. The van der Waals surface area contributed by atoms with Crippen molar-refractivity contribution in [1.29, 1.82) is 0 Å². The molecular weight excluding hydrogens is 362 g/mol. The van der Waals surface area contributed by atoms with Gasteiger partial charge in [-0.25, -0.2) is 0 Å². The smallest absolute Gasteiger partial charge is 0.303 e. The topological polar surface area (TPSA) is 87.1 Å². The van der Waals surface area contributed by atoms with E-state index in [1.54, 1.807) is 13.3 Å². The number of aromatic nitrogens is 1. The summed E-state index contributed by atoms with van der Waals surface area (Å²) in [6.07, 6.45) is 6.50. The van der Waals surface area contributed by atoms with Crippen LogP contribution in [0.5, 0.6) is 17.2 Å². The maximum absolute atomic E-state index is 10.7. The molecule has 0 amide bonds. The molecule has 2 heterocycles. The summed E-state index contributed by atoms with van der Waals surface area (Å²) >= 11 is 0. The molecule has 0 radical (unpaired) electrons. The van der Waals surface area contributed by atoms with E-state index in [9.17, 15) is 4.79 Å². The number of carbonyl (C=O) groups is 1. The van der Waals surface area contributed by atoms with E-state index in [0.717, 1.165) is 35.3 Å². The fourth-order valence-electron chi connectivity index (χ4n) is 3.22. The Morgan fingerprint density at radius 2 is 2.25 bits per heavy atom. The lowest BCUT2D eigenvalue weighted by atomic mass is 9.94. The lowest BCUT2D eigenvalue weighted by Gasteiger charge is -2.25. The second kappa shape index (κ2) is 9.94. The molecule has 0 unspecified atom stereocenters. The molecule has 1 aromatic heterocycles. The average molecular weight is 387 g/mol. The molecule has 0 aliphatic carbocycles. The van der Waals surface area contributed by atoms with Gasteiger partial charge in [0.1, 0.15) is 5.75 Å². The minimum Gasteiger partial charge on any atom is -0.493 e. The molecule has 1 aliphatic heterocycles. The van der Waals surface area contributed by atoms with Crippen molar-refractivity contribution in [2.45, 2.75) is 32.1 Å². The summed E-state index contributed by atoms with van der Waals surface area (Å²) in [7, 11) is 1.57. The van der Waals surface area contributed by atoms with Gasteiger partial charge in [0.2, 0.25) is 0 Å². The minimum absolute atomic E-state index is 0.0538. The summed E-state index contributed by atoms with van der Waals surface area (Å²) < 4.78 is 22.8. The van der Waals surface area contributed by atoms with Crippen molar-refractivity contribution in [3.8, 4) is 17.2 Å². The second-order valence-electron chi connectivity index (χ2n) is 6.55. The molecule has 0 atom stereocenters. The van der Waals surface area contributed by atoms with Crippen LogP contribution in [-0.2, 0) is 22.4 Å². The number of benzene rings is 1. The van der Waals surface area contributed by atoms with Gasteiger partial charge in [-0.3, -0.25) is 9.78 Å². The molecule has 1 aliphatic rings. The fourth-order valence-corrected chi connectivity index (χ4v) is 3.22.